The Bertz CT molecular complexity index is 523. The molecule has 1 aromatic carbocycles. The van der Waals surface area contributed by atoms with Gasteiger partial charge in [-0.15, -0.1) is 0 Å². The number of benzene rings is 1. The number of imidazole rings is 1. The third kappa shape index (κ3) is 1.61. The summed E-state index contributed by atoms with van der Waals surface area (Å²) in [6.45, 7) is 6.94. The highest BCUT2D eigenvalue weighted by atomic mass is 15.1. The quantitative estimate of drug-likeness (QED) is 0.837. The predicted octanol–water partition coefficient (Wildman–Crippen LogP) is 2.12. The Morgan fingerprint density at radius 1 is 1.38 bits per heavy atom. The van der Waals surface area contributed by atoms with Crippen LogP contribution in [0.25, 0.3) is 11.0 Å². The Balaban J connectivity index is 2.69. The molecule has 0 aliphatic heterocycles. The highest BCUT2D eigenvalue weighted by molar-refractivity contribution is 5.77. The first-order valence-corrected chi connectivity index (χ1v) is 5.59. The Morgan fingerprint density at radius 3 is 2.69 bits per heavy atom. The van der Waals surface area contributed by atoms with Crippen LogP contribution in [0.15, 0.2) is 18.2 Å². The number of nitrogens with zero attached hydrogens (tertiary/aromatic N) is 2. The zero-order valence-electron chi connectivity index (χ0n) is 10.4. The lowest BCUT2D eigenvalue weighted by Crippen LogP contribution is -2.31. The highest BCUT2D eigenvalue weighted by Gasteiger charge is 2.24. The van der Waals surface area contributed by atoms with Crippen molar-refractivity contribution in [1.82, 2.24) is 9.55 Å². The van der Waals surface area contributed by atoms with Gasteiger partial charge in [0, 0.05) is 19.0 Å². The summed E-state index contributed by atoms with van der Waals surface area (Å²) in [5.41, 5.74) is 9.19. The second-order valence-corrected chi connectivity index (χ2v) is 5.07. The molecule has 86 valence electrons. The van der Waals surface area contributed by atoms with Gasteiger partial charge in [0.15, 0.2) is 0 Å². The van der Waals surface area contributed by atoms with Gasteiger partial charge >= 0.3 is 0 Å². The first-order valence-electron chi connectivity index (χ1n) is 5.59. The Hall–Kier alpha value is -1.35. The summed E-state index contributed by atoms with van der Waals surface area (Å²) >= 11 is 0. The molecule has 0 atom stereocenters. The molecule has 0 fully saturated rings. The fourth-order valence-electron chi connectivity index (χ4n) is 2.01. The van der Waals surface area contributed by atoms with Crippen molar-refractivity contribution in [2.45, 2.75) is 26.2 Å². The van der Waals surface area contributed by atoms with Crippen molar-refractivity contribution in [2.24, 2.45) is 12.8 Å². The fourth-order valence-corrected chi connectivity index (χ4v) is 2.01. The largest absolute Gasteiger partial charge is 0.331 e. The summed E-state index contributed by atoms with van der Waals surface area (Å²) in [7, 11) is 2.05. The predicted molar refractivity (Wildman–Crippen MR) is 67.5 cm³/mol. The lowest BCUT2D eigenvalue weighted by Gasteiger charge is -2.21. The lowest BCUT2D eigenvalue weighted by molar-refractivity contribution is 0.487. The normalized spacial score (nSPS) is 12.3. The molecule has 2 rings (SSSR count). The van der Waals surface area contributed by atoms with Crippen LogP contribution in [0.2, 0.25) is 0 Å². The summed E-state index contributed by atoms with van der Waals surface area (Å²) in [6, 6.07) is 6.35. The molecule has 3 heteroatoms. The Labute approximate surface area is 96.3 Å². The summed E-state index contributed by atoms with van der Waals surface area (Å²) in [6.07, 6.45) is 0. The number of aryl methyl sites for hydroxylation is 2. The molecular weight excluding hydrogens is 198 g/mol. The van der Waals surface area contributed by atoms with Crippen LogP contribution >= 0.6 is 0 Å². The molecule has 1 aromatic heterocycles. The molecule has 2 N–H and O–H groups in total. The van der Waals surface area contributed by atoms with E-state index in [0.717, 1.165) is 11.3 Å². The van der Waals surface area contributed by atoms with E-state index in [-0.39, 0.29) is 5.41 Å². The van der Waals surface area contributed by atoms with Gasteiger partial charge in [-0.2, -0.15) is 0 Å². The molecule has 0 unspecified atom stereocenters. The molecule has 0 aliphatic rings. The van der Waals surface area contributed by atoms with Gasteiger partial charge in [0.25, 0.3) is 0 Å². The van der Waals surface area contributed by atoms with Crippen LogP contribution in [0.1, 0.15) is 25.2 Å². The molecule has 1 heterocycles. The van der Waals surface area contributed by atoms with Gasteiger partial charge < -0.3 is 10.3 Å². The Morgan fingerprint density at radius 2 is 2.06 bits per heavy atom. The van der Waals surface area contributed by atoms with Crippen LogP contribution in [0.3, 0.4) is 0 Å². The van der Waals surface area contributed by atoms with E-state index < -0.39 is 0 Å². The second-order valence-electron chi connectivity index (χ2n) is 5.07. The summed E-state index contributed by atoms with van der Waals surface area (Å²) in [5, 5.41) is 0. The van der Waals surface area contributed by atoms with Crippen molar-refractivity contribution in [3.63, 3.8) is 0 Å². The fraction of sp³-hybridized carbons (Fsp3) is 0.462. The molecular formula is C13H19N3. The number of rotatable bonds is 2. The first-order chi connectivity index (χ1) is 7.45. The number of hydrogen-bond donors (Lipinski definition) is 1. The van der Waals surface area contributed by atoms with E-state index in [1.54, 1.807) is 0 Å². The maximum Gasteiger partial charge on any atom is 0.116 e. The van der Waals surface area contributed by atoms with Crippen molar-refractivity contribution in [3.05, 3.63) is 29.6 Å². The third-order valence-corrected chi connectivity index (χ3v) is 3.15. The van der Waals surface area contributed by atoms with Crippen LogP contribution in [0.5, 0.6) is 0 Å². The van der Waals surface area contributed by atoms with Gasteiger partial charge in [0.2, 0.25) is 0 Å². The number of nitrogens with two attached hydrogens (primary N) is 1. The smallest absolute Gasteiger partial charge is 0.116 e. The number of fused-ring (bicyclic) bond motifs is 1. The maximum atomic E-state index is 5.81. The summed E-state index contributed by atoms with van der Waals surface area (Å²) < 4.78 is 2.14. The molecule has 3 nitrogen and oxygen atoms in total. The Kier molecular flexibility index (Phi) is 2.50. The molecule has 16 heavy (non-hydrogen) atoms. The zero-order valence-corrected chi connectivity index (χ0v) is 10.4. The van der Waals surface area contributed by atoms with E-state index in [1.807, 2.05) is 0 Å². The van der Waals surface area contributed by atoms with Gasteiger partial charge in [-0.3, -0.25) is 0 Å². The van der Waals surface area contributed by atoms with Crippen LogP contribution < -0.4 is 5.73 Å². The van der Waals surface area contributed by atoms with Crippen molar-refractivity contribution in [1.29, 1.82) is 0 Å². The van der Waals surface area contributed by atoms with Gasteiger partial charge in [-0.25, -0.2) is 4.98 Å². The molecule has 0 saturated carbocycles. The molecule has 0 aliphatic carbocycles. The second kappa shape index (κ2) is 3.59. The maximum absolute atomic E-state index is 5.81. The highest BCUT2D eigenvalue weighted by Crippen LogP contribution is 2.25. The van der Waals surface area contributed by atoms with E-state index in [2.05, 4.69) is 50.6 Å². The van der Waals surface area contributed by atoms with E-state index in [1.165, 1.54) is 11.1 Å². The van der Waals surface area contributed by atoms with E-state index in [4.69, 9.17) is 10.7 Å². The van der Waals surface area contributed by atoms with Crippen LogP contribution in [-0.2, 0) is 12.5 Å². The van der Waals surface area contributed by atoms with Crippen LogP contribution in [0, 0.1) is 6.92 Å². The van der Waals surface area contributed by atoms with Gasteiger partial charge in [0.05, 0.1) is 11.0 Å². The minimum Gasteiger partial charge on any atom is -0.331 e. The molecule has 2 aromatic rings. The van der Waals surface area contributed by atoms with Crippen molar-refractivity contribution < 1.29 is 0 Å². The molecule has 0 amide bonds. The van der Waals surface area contributed by atoms with Crippen molar-refractivity contribution in [3.8, 4) is 0 Å². The van der Waals surface area contributed by atoms with Crippen molar-refractivity contribution >= 4 is 11.0 Å². The SMILES string of the molecule is Cc1ccc2c(c1)nc(C(C)(C)CN)n2C. The summed E-state index contributed by atoms with van der Waals surface area (Å²) in [4.78, 5) is 4.70. The van der Waals surface area contributed by atoms with Crippen LogP contribution in [0.4, 0.5) is 0 Å². The molecule has 0 radical (unpaired) electrons. The average Bonchev–Trinajstić information content (AvgIpc) is 2.56. The molecule has 0 bridgehead atoms. The number of aromatic nitrogens is 2. The summed E-state index contributed by atoms with van der Waals surface area (Å²) in [5.74, 6) is 1.05. The standard InChI is InChI=1S/C13H19N3/c1-9-5-6-11-10(7-9)15-12(16(11)4)13(2,3)8-14/h5-7H,8,14H2,1-4H3. The third-order valence-electron chi connectivity index (χ3n) is 3.15. The van der Waals surface area contributed by atoms with E-state index >= 15 is 0 Å². The lowest BCUT2D eigenvalue weighted by atomic mass is 9.93. The minimum atomic E-state index is -0.0817. The van der Waals surface area contributed by atoms with Crippen molar-refractivity contribution in [2.75, 3.05) is 6.54 Å². The zero-order chi connectivity index (χ0) is 11.9. The molecule has 0 saturated heterocycles. The van der Waals surface area contributed by atoms with Gasteiger partial charge in [-0.05, 0) is 24.6 Å². The molecule has 0 spiro atoms. The van der Waals surface area contributed by atoms with Gasteiger partial charge in [-0.1, -0.05) is 19.9 Å². The van der Waals surface area contributed by atoms with Crippen LogP contribution in [-0.4, -0.2) is 16.1 Å². The number of hydrogen-bond acceptors (Lipinski definition) is 2. The average molecular weight is 217 g/mol. The topological polar surface area (TPSA) is 43.8 Å². The van der Waals surface area contributed by atoms with Gasteiger partial charge in [0.1, 0.15) is 5.82 Å². The first kappa shape index (κ1) is 11.1. The minimum absolute atomic E-state index is 0.0817. The van der Waals surface area contributed by atoms with E-state index in [0.29, 0.717) is 6.54 Å². The van der Waals surface area contributed by atoms with E-state index in [9.17, 15) is 0 Å². The monoisotopic (exact) mass is 217 g/mol.